The number of nitrogens with zero attached hydrogens (tertiary/aromatic N) is 2. The van der Waals surface area contributed by atoms with Crippen LogP contribution in [0, 0.1) is 0 Å². The summed E-state index contributed by atoms with van der Waals surface area (Å²) in [6, 6.07) is 6.34. The first-order valence-corrected chi connectivity index (χ1v) is 7.02. The van der Waals surface area contributed by atoms with Gasteiger partial charge in [-0.05, 0) is 5.56 Å². The van der Waals surface area contributed by atoms with Crippen LogP contribution in [0.15, 0.2) is 47.8 Å². The maximum absolute atomic E-state index is 5.85. The van der Waals surface area contributed by atoms with Crippen molar-refractivity contribution in [3.63, 3.8) is 0 Å². The van der Waals surface area contributed by atoms with Gasteiger partial charge in [0.15, 0.2) is 6.39 Å². The number of H-pyrrole nitrogens is 1. The zero-order valence-corrected chi connectivity index (χ0v) is 11.5. The van der Waals surface area contributed by atoms with Crippen molar-refractivity contribution in [3.05, 3.63) is 65.9 Å². The Hall–Kier alpha value is -2.56. The molecule has 1 aromatic carbocycles. The summed E-state index contributed by atoms with van der Waals surface area (Å²) in [6.45, 7) is 0.756. The molecule has 0 fully saturated rings. The van der Waals surface area contributed by atoms with E-state index in [1.165, 1.54) is 17.5 Å². The third kappa shape index (κ3) is 2.20. The number of aromatic nitrogens is 3. The van der Waals surface area contributed by atoms with Crippen LogP contribution in [0.25, 0.3) is 0 Å². The predicted molar refractivity (Wildman–Crippen MR) is 76.3 cm³/mol. The van der Waals surface area contributed by atoms with Gasteiger partial charge in [0.25, 0.3) is 0 Å². The number of fused-ring (bicyclic) bond motifs is 1. The van der Waals surface area contributed by atoms with Crippen LogP contribution in [-0.4, -0.2) is 21.6 Å². The van der Waals surface area contributed by atoms with Crippen LogP contribution in [0.1, 0.15) is 28.4 Å². The average Bonchev–Trinajstić information content (AvgIpc) is 3.24. The van der Waals surface area contributed by atoms with E-state index >= 15 is 0 Å². The van der Waals surface area contributed by atoms with Crippen molar-refractivity contribution in [1.29, 1.82) is 0 Å². The predicted octanol–water partition coefficient (Wildman–Crippen LogP) is 2.71. The molecule has 0 unspecified atom stereocenters. The van der Waals surface area contributed by atoms with E-state index in [0.29, 0.717) is 0 Å². The number of ether oxygens (including phenoxy) is 1. The number of aromatic amines is 1. The molecule has 3 aromatic rings. The molecule has 1 aliphatic rings. The number of oxazole rings is 1. The summed E-state index contributed by atoms with van der Waals surface area (Å²) < 4.78 is 10.9. The molecule has 0 saturated carbocycles. The van der Waals surface area contributed by atoms with Gasteiger partial charge in [0.2, 0.25) is 0 Å². The zero-order chi connectivity index (χ0) is 14.1. The summed E-state index contributed by atoms with van der Waals surface area (Å²) >= 11 is 0. The van der Waals surface area contributed by atoms with Crippen LogP contribution in [0.3, 0.4) is 0 Å². The van der Waals surface area contributed by atoms with E-state index in [1.807, 2.05) is 6.20 Å². The minimum Gasteiger partial charge on any atom is -0.493 e. The largest absolute Gasteiger partial charge is 0.493 e. The molecule has 5 heteroatoms. The topological polar surface area (TPSA) is 63.9 Å². The van der Waals surface area contributed by atoms with Crippen molar-refractivity contribution >= 4 is 0 Å². The number of hydrogen-bond donors (Lipinski definition) is 1. The summed E-state index contributed by atoms with van der Waals surface area (Å²) in [7, 11) is 0. The highest BCUT2D eigenvalue weighted by Crippen LogP contribution is 2.38. The lowest BCUT2D eigenvalue weighted by molar-refractivity contribution is 0.352. The Morgan fingerprint density at radius 2 is 2.33 bits per heavy atom. The Balaban J connectivity index is 1.78. The summed E-state index contributed by atoms with van der Waals surface area (Å²) in [6.07, 6.45) is 8.44. The number of hydrogen-bond acceptors (Lipinski definition) is 4. The van der Waals surface area contributed by atoms with Gasteiger partial charge < -0.3 is 14.1 Å². The number of benzene rings is 1. The van der Waals surface area contributed by atoms with Crippen molar-refractivity contribution in [2.45, 2.75) is 18.8 Å². The van der Waals surface area contributed by atoms with E-state index in [9.17, 15) is 0 Å². The Morgan fingerprint density at radius 3 is 3.14 bits per heavy atom. The molecule has 1 N–H and O–H groups in total. The molecule has 0 aliphatic carbocycles. The van der Waals surface area contributed by atoms with Gasteiger partial charge >= 0.3 is 0 Å². The molecule has 3 heterocycles. The normalized spacial score (nSPS) is 14.7. The molecule has 0 saturated heterocycles. The van der Waals surface area contributed by atoms with E-state index in [1.54, 1.807) is 12.6 Å². The Morgan fingerprint density at radius 1 is 1.33 bits per heavy atom. The fourth-order valence-electron chi connectivity index (χ4n) is 2.91. The van der Waals surface area contributed by atoms with Crippen molar-refractivity contribution in [2.24, 2.45) is 0 Å². The third-order valence-corrected chi connectivity index (χ3v) is 3.91. The van der Waals surface area contributed by atoms with Gasteiger partial charge in [0.05, 0.1) is 18.6 Å². The lowest BCUT2D eigenvalue weighted by atomic mass is 9.89. The van der Waals surface area contributed by atoms with Crippen LogP contribution in [0.4, 0.5) is 0 Å². The van der Waals surface area contributed by atoms with Crippen LogP contribution < -0.4 is 4.74 Å². The maximum atomic E-state index is 5.85. The molecular formula is C16H15N3O2. The minimum atomic E-state index is 0.130. The molecule has 106 valence electrons. The van der Waals surface area contributed by atoms with Gasteiger partial charge in [-0.2, -0.15) is 0 Å². The van der Waals surface area contributed by atoms with Crippen LogP contribution in [0.5, 0.6) is 5.75 Å². The molecular weight excluding hydrogens is 266 g/mol. The number of nitrogens with one attached hydrogen (secondary N) is 1. The van der Waals surface area contributed by atoms with Gasteiger partial charge in [-0.25, -0.2) is 9.97 Å². The second kappa shape index (κ2) is 5.09. The number of rotatable bonds is 4. The highest BCUT2D eigenvalue weighted by Gasteiger charge is 2.25. The lowest BCUT2D eigenvalue weighted by Gasteiger charge is -2.17. The van der Waals surface area contributed by atoms with Crippen LogP contribution in [-0.2, 0) is 12.8 Å². The average molecular weight is 281 g/mol. The zero-order valence-electron chi connectivity index (χ0n) is 11.5. The monoisotopic (exact) mass is 281 g/mol. The third-order valence-electron chi connectivity index (χ3n) is 3.91. The molecule has 5 nitrogen and oxygen atoms in total. The SMILES string of the molecule is c1cc2c(c([C@@H](Cc3cocn3)c3cnc[nH]3)c1)OCC2. The van der Waals surface area contributed by atoms with E-state index in [0.717, 1.165) is 36.6 Å². The molecule has 1 atom stereocenters. The van der Waals surface area contributed by atoms with Crippen molar-refractivity contribution < 1.29 is 9.15 Å². The highest BCUT2D eigenvalue weighted by molar-refractivity contribution is 5.48. The van der Waals surface area contributed by atoms with E-state index in [2.05, 4.69) is 33.2 Å². The first-order valence-electron chi connectivity index (χ1n) is 7.02. The molecule has 0 radical (unpaired) electrons. The maximum Gasteiger partial charge on any atom is 0.180 e. The first-order chi connectivity index (χ1) is 10.4. The second-order valence-corrected chi connectivity index (χ2v) is 5.18. The van der Waals surface area contributed by atoms with E-state index in [4.69, 9.17) is 9.15 Å². The van der Waals surface area contributed by atoms with Crippen LogP contribution in [0.2, 0.25) is 0 Å². The molecule has 1 aliphatic heterocycles. The van der Waals surface area contributed by atoms with E-state index in [-0.39, 0.29) is 5.92 Å². The summed E-state index contributed by atoms with van der Waals surface area (Å²) in [5.41, 5.74) is 4.43. The Labute approximate surface area is 122 Å². The van der Waals surface area contributed by atoms with Crippen molar-refractivity contribution in [2.75, 3.05) is 6.61 Å². The molecule has 0 bridgehead atoms. The molecule has 0 amide bonds. The lowest BCUT2D eigenvalue weighted by Crippen LogP contribution is -2.07. The molecule has 2 aromatic heterocycles. The quantitative estimate of drug-likeness (QED) is 0.798. The number of imidazole rings is 1. The van der Waals surface area contributed by atoms with Gasteiger partial charge in [-0.3, -0.25) is 0 Å². The first kappa shape index (κ1) is 12.2. The summed E-state index contributed by atoms with van der Waals surface area (Å²) in [4.78, 5) is 11.6. The number of para-hydroxylation sites is 1. The van der Waals surface area contributed by atoms with Gasteiger partial charge in [-0.1, -0.05) is 18.2 Å². The van der Waals surface area contributed by atoms with Crippen molar-refractivity contribution in [3.8, 4) is 5.75 Å². The standard InChI is InChI=1S/C16H15N3O2/c1-2-11-4-5-21-16(11)13(3-1)14(15-7-17-9-18-15)6-12-8-20-10-19-12/h1-3,7-10,14H,4-6H2,(H,17,18)/t14-/m1/s1. The van der Waals surface area contributed by atoms with Crippen molar-refractivity contribution in [1.82, 2.24) is 15.0 Å². The summed E-state index contributed by atoms with van der Waals surface area (Å²) in [5.74, 6) is 1.14. The minimum absolute atomic E-state index is 0.130. The fourth-order valence-corrected chi connectivity index (χ4v) is 2.91. The molecule has 0 spiro atoms. The Kier molecular flexibility index (Phi) is 2.96. The second-order valence-electron chi connectivity index (χ2n) is 5.18. The van der Waals surface area contributed by atoms with Gasteiger partial charge in [0, 0.05) is 36.2 Å². The van der Waals surface area contributed by atoms with Crippen LogP contribution >= 0.6 is 0 Å². The fraction of sp³-hybridized carbons (Fsp3) is 0.250. The molecule has 4 rings (SSSR count). The Bertz CT molecular complexity index is 720. The highest BCUT2D eigenvalue weighted by atomic mass is 16.5. The molecule has 21 heavy (non-hydrogen) atoms. The van der Waals surface area contributed by atoms with E-state index < -0.39 is 0 Å². The summed E-state index contributed by atoms with van der Waals surface area (Å²) in [5, 5.41) is 0. The smallest absolute Gasteiger partial charge is 0.180 e. The van der Waals surface area contributed by atoms with Gasteiger partial charge in [-0.15, -0.1) is 0 Å². The van der Waals surface area contributed by atoms with Gasteiger partial charge in [0.1, 0.15) is 12.0 Å².